The SMILES string of the molecule is CCNCC(C)Sc1nc2ccccc2s1. The Morgan fingerprint density at radius 3 is 3.00 bits per heavy atom. The number of benzene rings is 1. The maximum absolute atomic E-state index is 4.61. The van der Waals surface area contributed by atoms with E-state index in [4.69, 9.17) is 0 Å². The largest absolute Gasteiger partial charge is 0.316 e. The summed E-state index contributed by atoms with van der Waals surface area (Å²) in [6, 6.07) is 8.31. The highest BCUT2D eigenvalue weighted by Crippen LogP contribution is 2.31. The van der Waals surface area contributed by atoms with Crippen LogP contribution in [0.2, 0.25) is 0 Å². The number of fused-ring (bicyclic) bond motifs is 1. The minimum absolute atomic E-state index is 0.570. The summed E-state index contributed by atoms with van der Waals surface area (Å²) in [6.07, 6.45) is 0. The molecular weight excluding hydrogens is 236 g/mol. The van der Waals surface area contributed by atoms with Crippen molar-refractivity contribution in [1.29, 1.82) is 0 Å². The number of nitrogens with zero attached hydrogens (tertiary/aromatic N) is 1. The molecule has 0 spiro atoms. The number of thiazole rings is 1. The monoisotopic (exact) mass is 252 g/mol. The van der Waals surface area contributed by atoms with E-state index in [9.17, 15) is 0 Å². The molecule has 0 aliphatic heterocycles. The zero-order chi connectivity index (χ0) is 11.4. The second kappa shape index (κ2) is 5.66. The molecule has 0 aliphatic carbocycles. The van der Waals surface area contributed by atoms with Crippen LogP contribution in [0.15, 0.2) is 28.6 Å². The Morgan fingerprint density at radius 1 is 1.44 bits per heavy atom. The van der Waals surface area contributed by atoms with Crippen LogP contribution in [0.25, 0.3) is 10.2 Å². The van der Waals surface area contributed by atoms with Gasteiger partial charge in [0.25, 0.3) is 0 Å². The van der Waals surface area contributed by atoms with Crippen molar-refractivity contribution in [3.8, 4) is 0 Å². The van der Waals surface area contributed by atoms with Crippen LogP contribution in [-0.4, -0.2) is 23.3 Å². The highest BCUT2D eigenvalue weighted by atomic mass is 32.2. The minimum Gasteiger partial charge on any atom is -0.316 e. The number of hydrogen-bond acceptors (Lipinski definition) is 4. The Balaban J connectivity index is 2.03. The summed E-state index contributed by atoms with van der Waals surface area (Å²) >= 11 is 3.64. The van der Waals surface area contributed by atoms with Crippen molar-refractivity contribution in [3.05, 3.63) is 24.3 Å². The third kappa shape index (κ3) is 2.97. The van der Waals surface area contributed by atoms with E-state index in [1.165, 1.54) is 9.04 Å². The highest BCUT2D eigenvalue weighted by molar-refractivity contribution is 8.01. The van der Waals surface area contributed by atoms with Gasteiger partial charge in [-0.15, -0.1) is 11.3 Å². The molecule has 1 aromatic heterocycles. The van der Waals surface area contributed by atoms with Gasteiger partial charge in [0.15, 0.2) is 4.34 Å². The highest BCUT2D eigenvalue weighted by Gasteiger charge is 2.08. The number of thioether (sulfide) groups is 1. The summed E-state index contributed by atoms with van der Waals surface area (Å²) in [7, 11) is 0. The lowest BCUT2D eigenvalue weighted by molar-refractivity contribution is 0.713. The van der Waals surface area contributed by atoms with Crippen LogP contribution in [0, 0.1) is 0 Å². The predicted molar refractivity (Wildman–Crippen MR) is 73.5 cm³/mol. The second-order valence-corrected chi connectivity index (χ2v) is 6.40. The first kappa shape index (κ1) is 11.9. The molecule has 1 atom stereocenters. The van der Waals surface area contributed by atoms with E-state index in [0.717, 1.165) is 18.6 Å². The van der Waals surface area contributed by atoms with Gasteiger partial charge in [0, 0.05) is 11.8 Å². The molecule has 0 aliphatic rings. The Kier molecular flexibility index (Phi) is 4.21. The van der Waals surface area contributed by atoms with Gasteiger partial charge >= 0.3 is 0 Å². The molecule has 0 fully saturated rings. The van der Waals surface area contributed by atoms with E-state index in [-0.39, 0.29) is 0 Å². The molecule has 0 saturated carbocycles. The summed E-state index contributed by atoms with van der Waals surface area (Å²) in [6.45, 7) is 6.44. The summed E-state index contributed by atoms with van der Waals surface area (Å²) in [4.78, 5) is 4.61. The summed E-state index contributed by atoms with van der Waals surface area (Å²) in [5.74, 6) is 0. The van der Waals surface area contributed by atoms with Gasteiger partial charge in [-0.2, -0.15) is 0 Å². The van der Waals surface area contributed by atoms with Gasteiger partial charge in [-0.25, -0.2) is 4.98 Å². The third-order valence-corrected chi connectivity index (χ3v) is 4.49. The van der Waals surface area contributed by atoms with Gasteiger partial charge in [-0.3, -0.25) is 0 Å². The average Bonchev–Trinajstić information content (AvgIpc) is 2.68. The number of hydrogen-bond donors (Lipinski definition) is 1. The Bertz CT molecular complexity index is 420. The van der Waals surface area contributed by atoms with Crippen molar-refractivity contribution < 1.29 is 0 Å². The Hall–Kier alpha value is -0.580. The fourth-order valence-corrected chi connectivity index (χ4v) is 3.81. The third-order valence-electron chi connectivity index (χ3n) is 2.26. The minimum atomic E-state index is 0.570. The molecule has 0 amide bonds. The summed E-state index contributed by atoms with van der Waals surface area (Å²) in [5.41, 5.74) is 1.12. The van der Waals surface area contributed by atoms with Gasteiger partial charge < -0.3 is 5.32 Å². The molecule has 1 aromatic carbocycles. The van der Waals surface area contributed by atoms with E-state index in [2.05, 4.69) is 42.3 Å². The van der Waals surface area contributed by atoms with Crippen LogP contribution in [0.1, 0.15) is 13.8 Å². The fraction of sp³-hybridized carbons (Fsp3) is 0.417. The average molecular weight is 252 g/mol. The maximum atomic E-state index is 4.61. The van der Waals surface area contributed by atoms with Gasteiger partial charge in [0.05, 0.1) is 10.2 Å². The molecule has 1 N–H and O–H groups in total. The predicted octanol–water partition coefficient (Wildman–Crippen LogP) is 3.39. The second-order valence-electron chi connectivity index (χ2n) is 3.68. The zero-order valence-corrected chi connectivity index (χ0v) is 11.2. The van der Waals surface area contributed by atoms with Gasteiger partial charge in [-0.05, 0) is 18.7 Å². The number of aromatic nitrogens is 1. The number of nitrogens with one attached hydrogen (secondary N) is 1. The first-order valence-corrected chi connectivity index (χ1v) is 7.22. The van der Waals surface area contributed by atoms with E-state index >= 15 is 0 Å². The van der Waals surface area contributed by atoms with Crippen molar-refractivity contribution >= 4 is 33.3 Å². The summed E-state index contributed by atoms with van der Waals surface area (Å²) in [5, 5.41) is 3.93. The zero-order valence-electron chi connectivity index (χ0n) is 9.56. The van der Waals surface area contributed by atoms with Gasteiger partial charge in [0.2, 0.25) is 0 Å². The molecule has 0 saturated heterocycles. The van der Waals surface area contributed by atoms with E-state index in [1.807, 2.05) is 17.8 Å². The molecule has 86 valence electrons. The van der Waals surface area contributed by atoms with Crippen LogP contribution in [-0.2, 0) is 0 Å². The van der Waals surface area contributed by atoms with E-state index < -0.39 is 0 Å². The molecule has 2 rings (SSSR count). The lowest BCUT2D eigenvalue weighted by Gasteiger charge is -2.08. The lowest BCUT2D eigenvalue weighted by Crippen LogP contribution is -2.21. The molecule has 4 heteroatoms. The van der Waals surface area contributed by atoms with Crippen LogP contribution < -0.4 is 5.32 Å². The van der Waals surface area contributed by atoms with Crippen LogP contribution in [0.3, 0.4) is 0 Å². The molecule has 16 heavy (non-hydrogen) atoms. The smallest absolute Gasteiger partial charge is 0.151 e. The Labute approximate surface area is 104 Å². The topological polar surface area (TPSA) is 24.9 Å². The van der Waals surface area contributed by atoms with Crippen molar-refractivity contribution in [3.63, 3.8) is 0 Å². The Morgan fingerprint density at radius 2 is 2.25 bits per heavy atom. The van der Waals surface area contributed by atoms with Crippen molar-refractivity contribution in [2.24, 2.45) is 0 Å². The molecule has 2 nitrogen and oxygen atoms in total. The van der Waals surface area contributed by atoms with Crippen molar-refractivity contribution in [2.45, 2.75) is 23.4 Å². The van der Waals surface area contributed by atoms with Crippen LogP contribution in [0.5, 0.6) is 0 Å². The maximum Gasteiger partial charge on any atom is 0.151 e. The van der Waals surface area contributed by atoms with Crippen molar-refractivity contribution in [2.75, 3.05) is 13.1 Å². The molecule has 2 aromatic rings. The van der Waals surface area contributed by atoms with E-state index in [0.29, 0.717) is 5.25 Å². The molecule has 1 unspecified atom stereocenters. The molecule has 0 bridgehead atoms. The standard InChI is InChI=1S/C12H16N2S2/c1-3-13-8-9(2)15-12-14-10-6-4-5-7-11(10)16-12/h4-7,9,13H,3,8H2,1-2H3. The summed E-state index contributed by atoms with van der Waals surface area (Å²) < 4.78 is 2.45. The van der Waals surface area contributed by atoms with Crippen LogP contribution in [0.4, 0.5) is 0 Å². The van der Waals surface area contributed by atoms with Crippen molar-refractivity contribution in [1.82, 2.24) is 10.3 Å². The number of para-hydroxylation sites is 1. The first-order chi connectivity index (χ1) is 7.79. The van der Waals surface area contributed by atoms with Crippen LogP contribution >= 0.6 is 23.1 Å². The fourth-order valence-electron chi connectivity index (χ4n) is 1.46. The number of rotatable bonds is 5. The molecule has 0 radical (unpaired) electrons. The quantitative estimate of drug-likeness (QED) is 0.826. The van der Waals surface area contributed by atoms with Gasteiger partial charge in [0.1, 0.15) is 0 Å². The normalized spacial score (nSPS) is 13.1. The van der Waals surface area contributed by atoms with E-state index in [1.54, 1.807) is 11.3 Å². The lowest BCUT2D eigenvalue weighted by atomic mass is 10.3. The molecular formula is C12H16N2S2. The first-order valence-electron chi connectivity index (χ1n) is 5.52. The molecule has 1 heterocycles. The van der Waals surface area contributed by atoms with Gasteiger partial charge in [-0.1, -0.05) is 37.7 Å².